The van der Waals surface area contributed by atoms with E-state index < -0.39 is 0 Å². The first-order valence-corrected chi connectivity index (χ1v) is 6.03. The van der Waals surface area contributed by atoms with Crippen molar-refractivity contribution in [2.45, 2.75) is 44.9 Å². The fraction of sp³-hybridized carbons (Fsp3) is 0.667. The van der Waals surface area contributed by atoms with E-state index in [0.29, 0.717) is 12.8 Å². The largest absolute Gasteiger partial charge is 0.396 e. The molecule has 4 nitrogen and oxygen atoms in total. The second-order valence-electron chi connectivity index (χ2n) is 4.33. The summed E-state index contributed by atoms with van der Waals surface area (Å²) in [5, 5.41) is 8.76. The Morgan fingerprint density at radius 3 is 2.88 bits per heavy atom. The van der Waals surface area contributed by atoms with E-state index in [4.69, 9.17) is 5.11 Å². The second kappa shape index (κ2) is 5.25. The molecule has 0 aliphatic heterocycles. The smallest absolute Gasteiger partial charge is 0.254 e. The van der Waals surface area contributed by atoms with Crippen LogP contribution >= 0.6 is 0 Å². The first kappa shape index (κ1) is 11.3. The van der Waals surface area contributed by atoms with Crippen LogP contribution in [0.15, 0.2) is 4.79 Å². The third kappa shape index (κ3) is 2.50. The van der Waals surface area contributed by atoms with Gasteiger partial charge in [0.25, 0.3) is 5.56 Å². The lowest BCUT2D eigenvalue weighted by atomic mass is 10.1. The Morgan fingerprint density at radius 1 is 1.25 bits per heavy atom. The molecule has 0 aromatic carbocycles. The van der Waals surface area contributed by atoms with Crippen LogP contribution in [0.5, 0.6) is 0 Å². The number of hydrogen-bond acceptors (Lipinski definition) is 3. The molecule has 0 saturated carbocycles. The van der Waals surface area contributed by atoms with E-state index in [1.807, 2.05) is 0 Å². The zero-order valence-corrected chi connectivity index (χ0v) is 9.46. The molecule has 2 N–H and O–H groups in total. The van der Waals surface area contributed by atoms with Crippen molar-refractivity contribution in [1.29, 1.82) is 0 Å². The van der Waals surface area contributed by atoms with Crippen LogP contribution in [-0.4, -0.2) is 21.7 Å². The average molecular weight is 222 g/mol. The van der Waals surface area contributed by atoms with Crippen molar-refractivity contribution in [2.24, 2.45) is 0 Å². The van der Waals surface area contributed by atoms with Gasteiger partial charge in [-0.15, -0.1) is 0 Å². The fourth-order valence-electron chi connectivity index (χ4n) is 2.20. The Kier molecular flexibility index (Phi) is 3.72. The van der Waals surface area contributed by atoms with Gasteiger partial charge in [0, 0.05) is 18.6 Å². The highest BCUT2D eigenvalue weighted by Gasteiger charge is 2.13. The number of aryl methyl sites for hydroxylation is 2. The van der Waals surface area contributed by atoms with Crippen LogP contribution in [0.2, 0.25) is 0 Å². The molecule has 0 atom stereocenters. The summed E-state index contributed by atoms with van der Waals surface area (Å²) in [4.78, 5) is 19.2. The Morgan fingerprint density at radius 2 is 2.06 bits per heavy atom. The van der Waals surface area contributed by atoms with Gasteiger partial charge in [-0.05, 0) is 32.1 Å². The van der Waals surface area contributed by atoms with Crippen LogP contribution in [-0.2, 0) is 19.3 Å². The first-order valence-electron chi connectivity index (χ1n) is 6.03. The third-order valence-corrected chi connectivity index (χ3v) is 3.06. The number of H-pyrrole nitrogens is 1. The molecule has 4 heteroatoms. The van der Waals surface area contributed by atoms with Gasteiger partial charge in [0.05, 0.1) is 5.69 Å². The van der Waals surface area contributed by atoms with E-state index in [1.165, 1.54) is 6.42 Å². The topological polar surface area (TPSA) is 66.0 Å². The second-order valence-corrected chi connectivity index (χ2v) is 4.33. The Balaban J connectivity index is 2.28. The van der Waals surface area contributed by atoms with E-state index in [9.17, 15) is 4.79 Å². The highest BCUT2D eigenvalue weighted by molar-refractivity contribution is 5.19. The number of hydrogen-bond donors (Lipinski definition) is 2. The summed E-state index contributed by atoms with van der Waals surface area (Å²) in [5.74, 6) is 0.722. The summed E-state index contributed by atoms with van der Waals surface area (Å²) in [6.45, 7) is 0.140. The molecule has 2 rings (SSSR count). The summed E-state index contributed by atoms with van der Waals surface area (Å²) in [6.07, 6.45) is 6.49. The zero-order chi connectivity index (χ0) is 11.4. The number of aliphatic hydroxyl groups excluding tert-OH is 1. The number of nitrogens with zero attached hydrogens (tertiary/aromatic N) is 1. The minimum atomic E-state index is 0.0276. The molecule has 0 bridgehead atoms. The molecule has 1 aromatic rings. The van der Waals surface area contributed by atoms with Gasteiger partial charge >= 0.3 is 0 Å². The van der Waals surface area contributed by atoms with E-state index in [2.05, 4.69) is 9.97 Å². The molecule has 0 amide bonds. The maximum absolute atomic E-state index is 11.8. The normalized spacial score (nSPS) is 15.6. The molecular formula is C12H18N2O2. The van der Waals surface area contributed by atoms with Crippen molar-refractivity contribution in [1.82, 2.24) is 9.97 Å². The molecule has 0 spiro atoms. The molecule has 1 heterocycles. The van der Waals surface area contributed by atoms with E-state index in [-0.39, 0.29) is 12.2 Å². The summed E-state index contributed by atoms with van der Waals surface area (Å²) in [5.41, 5.74) is 1.89. The number of nitrogens with one attached hydrogen (secondary N) is 1. The zero-order valence-electron chi connectivity index (χ0n) is 9.46. The predicted octanol–water partition coefficient (Wildman–Crippen LogP) is 0.964. The van der Waals surface area contributed by atoms with Crippen molar-refractivity contribution >= 4 is 0 Å². The van der Waals surface area contributed by atoms with Gasteiger partial charge in [-0.3, -0.25) is 4.79 Å². The van der Waals surface area contributed by atoms with Crippen LogP contribution in [0, 0.1) is 0 Å². The highest BCUT2D eigenvalue weighted by Crippen LogP contribution is 2.15. The molecular weight excluding hydrogens is 204 g/mol. The first-order chi connectivity index (χ1) is 7.81. The van der Waals surface area contributed by atoms with Gasteiger partial charge < -0.3 is 10.1 Å². The summed E-state index contributed by atoms with van der Waals surface area (Å²) < 4.78 is 0. The molecule has 88 valence electrons. The maximum atomic E-state index is 11.8. The monoisotopic (exact) mass is 222 g/mol. The van der Waals surface area contributed by atoms with Gasteiger partial charge in [0.15, 0.2) is 0 Å². The van der Waals surface area contributed by atoms with Crippen molar-refractivity contribution in [3.63, 3.8) is 0 Å². The number of fused-ring (bicyclic) bond motifs is 1. The fourth-order valence-corrected chi connectivity index (χ4v) is 2.20. The molecule has 1 aliphatic rings. The third-order valence-electron chi connectivity index (χ3n) is 3.06. The maximum Gasteiger partial charge on any atom is 0.254 e. The number of aromatic nitrogens is 2. The van der Waals surface area contributed by atoms with Crippen LogP contribution in [0.4, 0.5) is 0 Å². The van der Waals surface area contributed by atoms with Crippen molar-refractivity contribution in [2.75, 3.05) is 6.61 Å². The van der Waals surface area contributed by atoms with Crippen LogP contribution in [0.25, 0.3) is 0 Å². The quantitative estimate of drug-likeness (QED) is 0.749. The lowest BCUT2D eigenvalue weighted by molar-refractivity contribution is 0.287. The van der Waals surface area contributed by atoms with E-state index in [0.717, 1.165) is 42.8 Å². The molecule has 1 aromatic heterocycles. The lowest BCUT2D eigenvalue weighted by Crippen LogP contribution is -2.19. The van der Waals surface area contributed by atoms with Crippen LogP contribution in [0.3, 0.4) is 0 Å². The predicted molar refractivity (Wildman–Crippen MR) is 61.5 cm³/mol. The van der Waals surface area contributed by atoms with Gasteiger partial charge in [-0.1, -0.05) is 6.42 Å². The van der Waals surface area contributed by atoms with Gasteiger partial charge in [-0.2, -0.15) is 0 Å². The number of aliphatic hydroxyl groups is 1. The summed E-state index contributed by atoms with van der Waals surface area (Å²) in [7, 11) is 0. The molecule has 0 saturated heterocycles. The Bertz CT molecular complexity index is 412. The highest BCUT2D eigenvalue weighted by atomic mass is 16.2. The van der Waals surface area contributed by atoms with E-state index >= 15 is 0 Å². The van der Waals surface area contributed by atoms with Gasteiger partial charge in [0.2, 0.25) is 0 Å². The van der Waals surface area contributed by atoms with Crippen molar-refractivity contribution in [3.05, 3.63) is 27.4 Å². The van der Waals surface area contributed by atoms with Gasteiger partial charge in [0.1, 0.15) is 5.82 Å². The van der Waals surface area contributed by atoms with E-state index in [1.54, 1.807) is 0 Å². The van der Waals surface area contributed by atoms with Crippen molar-refractivity contribution in [3.8, 4) is 0 Å². The van der Waals surface area contributed by atoms with Crippen LogP contribution in [0.1, 0.15) is 42.8 Å². The minimum Gasteiger partial charge on any atom is -0.396 e. The minimum absolute atomic E-state index is 0.0276. The lowest BCUT2D eigenvalue weighted by Gasteiger charge is -2.06. The molecule has 1 aliphatic carbocycles. The SMILES string of the molecule is O=c1[nH]c(CCCO)nc2c1CCCCC2. The number of rotatable bonds is 3. The summed E-state index contributed by atoms with van der Waals surface area (Å²) >= 11 is 0. The molecule has 0 fully saturated rings. The average Bonchev–Trinajstić information content (AvgIpc) is 2.51. The molecule has 16 heavy (non-hydrogen) atoms. The van der Waals surface area contributed by atoms with Crippen LogP contribution < -0.4 is 5.56 Å². The van der Waals surface area contributed by atoms with Crippen molar-refractivity contribution < 1.29 is 5.11 Å². The van der Waals surface area contributed by atoms with Gasteiger partial charge in [-0.25, -0.2) is 4.98 Å². The number of aromatic amines is 1. The Labute approximate surface area is 94.7 Å². The standard InChI is InChI=1S/C12H18N2O2/c15-8-4-7-11-13-10-6-3-1-2-5-9(10)12(16)14-11/h15H,1-8H2,(H,13,14,16). The summed E-state index contributed by atoms with van der Waals surface area (Å²) in [6, 6.07) is 0. The molecule has 0 unspecified atom stereocenters. The molecule has 0 radical (unpaired) electrons. The Hall–Kier alpha value is -1.16.